The van der Waals surface area contributed by atoms with E-state index in [1.165, 1.54) is 4.90 Å². The van der Waals surface area contributed by atoms with Crippen molar-refractivity contribution >= 4 is 17.4 Å². The van der Waals surface area contributed by atoms with Gasteiger partial charge in [0.15, 0.2) is 0 Å². The number of carbonyl (C=O) groups excluding carboxylic acids is 2. The van der Waals surface area contributed by atoms with Crippen molar-refractivity contribution in [3.8, 4) is 0 Å². The van der Waals surface area contributed by atoms with E-state index in [1.807, 2.05) is 0 Å². The lowest BCUT2D eigenvalue weighted by Gasteiger charge is -2.18. The van der Waals surface area contributed by atoms with Gasteiger partial charge in [0.1, 0.15) is 6.23 Å². The smallest absolute Gasteiger partial charge is 0.300 e. The average molecular weight is 220 g/mol. The van der Waals surface area contributed by atoms with Gasteiger partial charge >= 0.3 is 5.91 Å². The molecule has 0 saturated heterocycles. The number of benzene rings is 1. The molecule has 16 heavy (non-hydrogen) atoms. The van der Waals surface area contributed by atoms with E-state index < -0.39 is 17.9 Å². The molecule has 0 aromatic heterocycles. The number of anilines is 1. The molecule has 84 valence electrons. The topological polar surface area (TPSA) is 69.6 Å². The van der Waals surface area contributed by atoms with Crippen LogP contribution < -0.4 is 10.2 Å². The summed E-state index contributed by atoms with van der Waals surface area (Å²) in [6, 6.07) is 6.81. The minimum atomic E-state index is -0.726. The lowest BCUT2D eigenvalue weighted by molar-refractivity contribution is -0.114. The van der Waals surface area contributed by atoms with Gasteiger partial charge in [-0.2, -0.15) is 0 Å². The quantitative estimate of drug-likeness (QED) is 0.560. The molecule has 2 rings (SSSR count). The van der Waals surface area contributed by atoms with Crippen LogP contribution in [-0.2, 0) is 4.79 Å². The molecule has 0 aliphatic carbocycles. The minimum absolute atomic E-state index is 0.124. The van der Waals surface area contributed by atoms with Gasteiger partial charge in [0.25, 0.3) is 5.78 Å². The van der Waals surface area contributed by atoms with Crippen LogP contribution in [0.1, 0.15) is 17.3 Å². The van der Waals surface area contributed by atoms with Gasteiger partial charge in [0.05, 0.1) is 17.9 Å². The van der Waals surface area contributed by atoms with Crippen LogP contribution >= 0.6 is 0 Å². The molecule has 0 radical (unpaired) electrons. The molecule has 1 aromatic carbocycles. The van der Waals surface area contributed by atoms with Gasteiger partial charge in [0.2, 0.25) is 0 Å². The van der Waals surface area contributed by atoms with Crippen molar-refractivity contribution in [1.82, 2.24) is 5.32 Å². The molecular formula is C11H12N2O3. The second-order valence-corrected chi connectivity index (χ2v) is 3.62. The number of Topliss-reactive ketones (excluding diaryl/α,β-unsaturated/α-hetero) is 1. The first-order valence-corrected chi connectivity index (χ1v) is 4.98. The molecule has 5 heteroatoms. The summed E-state index contributed by atoms with van der Waals surface area (Å²) in [6.07, 6.45) is -0.726. The van der Waals surface area contributed by atoms with E-state index in [1.54, 1.807) is 31.2 Å². The molecule has 0 bridgehead atoms. The number of amides is 1. The first-order chi connectivity index (χ1) is 7.61. The van der Waals surface area contributed by atoms with Gasteiger partial charge in [-0.05, 0) is 19.1 Å². The van der Waals surface area contributed by atoms with Gasteiger partial charge < -0.3 is 5.11 Å². The van der Waals surface area contributed by atoms with E-state index in [0.717, 1.165) is 0 Å². The van der Waals surface area contributed by atoms with Gasteiger partial charge in [-0.1, -0.05) is 12.1 Å². The number of hydrogen-bond acceptors (Lipinski definition) is 4. The SMILES string of the molecule is CC(O)NCN1C(=O)C(=O)c2ccccc21. The zero-order chi connectivity index (χ0) is 11.7. The zero-order valence-corrected chi connectivity index (χ0v) is 8.80. The third kappa shape index (κ3) is 1.70. The number of hydrogen-bond donors (Lipinski definition) is 2. The van der Waals surface area contributed by atoms with Crippen LogP contribution in [0.15, 0.2) is 24.3 Å². The largest absolute Gasteiger partial charge is 0.379 e. The summed E-state index contributed by atoms with van der Waals surface area (Å²) < 4.78 is 0. The lowest BCUT2D eigenvalue weighted by Crippen LogP contribution is -2.41. The number of fused-ring (bicyclic) bond motifs is 1. The Morgan fingerprint density at radius 2 is 2.06 bits per heavy atom. The number of aliphatic hydroxyl groups is 1. The lowest BCUT2D eigenvalue weighted by atomic mass is 10.1. The maximum absolute atomic E-state index is 11.6. The zero-order valence-electron chi connectivity index (χ0n) is 8.80. The Balaban J connectivity index is 2.27. The molecule has 1 unspecified atom stereocenters. The van der Waals surface area contributed by atoms with Gasteiger partial charge in [-0.15, -0.1) is 0 Å². The third-order valence-electron chi connectivity index (χ3n) is 2.42. The molecular weight excluding hydrogens is 208 g/mol. The molecule has 0 saturated carbocycles. The molecule has 1 atom stereocenters. The van der Waals surface area contributed by atoms with Crippen LogP contribution in [0.3, 0.4) is 0 Å². The Hall–Kier alpha value is -1.72. The fourth-order valence-corrected chi connectivity index (χ4v) is 1.63. The van der Waals surface area contributed by atoms with Gasteiger partial charge in [-0.3, -0.25) is 19.8 Å². The van der Waals surface area contributed by atoms with Crippen molar-refractivity contribution in [3.05, 3.63) is 29.8 Å². The molecule has 1 aromatic rings. The Morgan fingerprint density at radius 3 is 2.75 bits per heavy atom. The summed E-state index contributed by atoms with van der Waals surface area (Å²) in [4.78, 5) is 24.5. The van der Waals surface area contributed by atoms with Crippen molar-refractivity contribution in [2.75, 3.05) is 11.6 Å². The van der Waals surface area contributed by atoms with Crippen molar-refractivity contribution < 1.29 is 14.7 Å². The van der Waals surface area contributed by atoms with Crippen LogP contribution in [0.25, 0.3) is 0 Å². The minimum Gasteiger partial charge on any atom is -0.379 e. The van der Waals surface area contributed by atoms with E-state index in [9.17, 15) is 9.59 Å². The van der Waals surface area contributed by atoms with Crippen molar-refractivity contribution in [2.24, 2.45) is 0 Å². The Labute approximate surface area is 92.7 Å². The first kappa shape index (κ1) is 10.8. The maximum atomic E-state index is 11.6. The number of nitrogens with one attached hydrogen (secondary N) is 1. The number of ketones is 1. The Bertz CT molecular complexity index is 443. The summed E-state index contributed by atoms with van der Waals surface area (Å²) in [5.74, 6) is -1.06. The van der Waals surface area contributed by atoms with Crippen LogP contribution in [0.4, 0.5) is 5.69 Å². The predicted molar refractivity (Wildman–Crippen MR) is 57.9 cm³/mol. The number of aliphatic hydroxyl groups excluding tert-OH is 1. The highest BCUT2D eigenvalue weighted by Crippen LogP contribution is 2.27. The third-order valence-corrected chi connectivity index (χ3v) is 2.42. The van der Waals surface area contributed by atoms with Crippen LogP contribution in [0.2, 0.25) is 0 Å². The first-order valence-electron chi connectivity index (χ1n) is 4.98. The van der Waals surface area contributed by atoms with Crippen molar-refractivity contribution in [3.63, 3.8) is 0 Å². The molecule has 1 amide bonds. The maximum Gasteiger partial charge on any atom is 0.300 e. The van der Waals surface area contributed by atoms with Crippen molar-refractivity contribution in [2.45, 2.75) is 13.2 Å². The summed E-state index contributed by atoms with van der Waals surface area (Å²) in [5.41, 5.74) is 1.01. The highest BCUT2D eigenvalue weighted by atomic mass is 16.3. The van der Waals surface area contributed by atoms with Crippen molar-refractivity contribution in [1.29, 1.82) is 0 Å². The standard InChI is InChI=1S/C11H12N2O3/c1-7(14)12-6-13-9-5-3-2-4-8(9)10(15)11(13)16/h2-5,7,12,14H,6H2,1H3. The van der Waals surface area contributed by atoms with E-state index in [2.05, 4.69) is 5.32 Å². The Kier molecular flexibility index (Phi) is 2.72. The second kappa shape index (κ2) is 4.03. The molecule has 0 spiro atoms. The molecule has 1 aliphatic heterocycles. The summed E-state index contributed by atoms with van der Waals surface area (Å²) in [6.45, 7) is 1.67. The second-order valence-electron chi connectivity index (χ2n) is 3.62. The summed E-state index contributed by atoms with van der Waals surface area (Å²) >= 11 is 0. The number of rotatable bonds is 3. The number of nitrogens with zero attached hydrogens (tertiary/aromatic N) is 1. The summed E-state index contributed by atoms with van der Waals surface area (Å²) in [7, 11) is 0. The van der Waals surface area contributed by atoms with Crippen LogP contribution in [-0.4, -0.2) is 29.7 Å². The number of carbonyl (C=O) groups is 2. The van der Waals surface area contributed by atoms with E-state index in [4.69, 9.17) is 5.11 Å². The number of para-hydroxylation sites is 1. The van der Waals surface area contributed by atoms with E-state index in [0.29, 0.717) is 11.3 Å². The highest BCUT2D eigenvalue weighted by molar-refractivity contribution is 6.52. The average Bonchev–Trinajstić information content (AvgIpc) is 2.50. The van der Waals surface area contributed by atoms with Gasteiger partial charge in [0, 0.05) is 0 Å². The van der Waals surface area contributed by atoms with Gasteiger partial charge in [-0.25, -0.2) is 0 Å². The molecule has 1 aliphatic rings. The summed E-state index contributed by atoms with van der Waals surface area (Å²) in [5, 5.41) is 11.8. The molecule has 2 N–H and O–H groups in total. The van der Waals surface area contributed by atoms with Crippen LogP contribution in [0.5, 0.6) is 0 Å². The fourth-order valence-electron chi connectivity index (χ4n) is 1.63. The fraction of sp³-hybridized carbons (Fsp3) is 0.273. The normalized spacial score (nSPS) is 16.5. The van der Waals surface area contributed by atoms with E-state index >= 15 is 0 Å². The molecule has 0 fully saturated rings. The monoisotopic (exact) mass is 220 g/mol. The van der Waals surface area contributed by atoms with Crippen LogP contribution in [0, 0.1) is 0 Å². The molecule has 1 heterocycles. The van der Waals surface area contributed by atoms with E-state index in [-0.39, 0.29) is 6.67 Å². The molecule has 5 nitrogen and oxygen atoms in total. The predicted octanol–water partition coefficient (Wildman–Crippen LogP) is 0.101. The highest BCUT2D eigenvalue weighted by Gasteiger charge is 2.35. The Morgan fingerprint density at radius 1 is 1.38 bits per heavy atom.